The molecule has 1 N–H and O–H groups in total. The molecule has 23 heavy (non-hydrogen) atoms. The molecule has 0 aliphatic carbocycles. The van der Waals surface area contributed by atoms with E-state index in [-0.39, 0.29) is 12.4 Å². The molecule has 0 spiro atoms. The Labute approximate surface area is 146 Å². The number of carbonyl (C=O) groups excluding carboxylic acids is 1. The Kier molecular flexibility index (Phi) is 9.03. The van der Waals surface area contributed by atoms with E-state index in [1.807, 2.05) is 17.0 Å². The zero-order valence-electron chi connectivity index (χ0n) is 14.2. The van der Waals surface area contributed by atoms with Gasteiger partial charge in [-0.15, -0.1) is 12.4 Å². The highest BCUT2D eigenvalue weighted by atomic mass is 35.5. The third kappa shape index (κ3) is 6.80. The molecule has 1 fully saturated rings. The monoisotopic (exact) mass is 340 g/mol. The third-order valence-electron chi connectivity index (χ3n) is 4.24. The van der Waals surface area contributed by atoms with Crippen LogP contribution in [0.1, 0.15) is 38.2 Å². The van der Waals surface area contributed by atoms with Crippen LogP contribution in [-0.4, -0.2) is 43.6 Å². The summed E-state index contributed by atoms with van der Waals surface area (Å²) >= 11 is 0. The van der Waals surface area contributed by atoms with Gasteiger partial charge in [-0.3, -0.25) is 4.79 Å². The molecule has 4 nitrogen and oxygen atoms in total. The largest absolute Gasteiger partial charge is 0.497 e. The normalized spacial score (nSPS) is 17.5. The summed E-state index contributed by atoms with van der Waals surface area (Å²) in [6.45, 7) is 4.76. The van der Waals surface area contributed by atoms with Crippen LogP contribution in [0.2, 0.25) is 0 Å². The van der Waals surface area contributed by atoms with E-state index in [4.69, 9.17) is 4.74 Å². The molecular formula is C18H29ClN2O2. The minimum atomic E-state index is 0. The van der Waals surface area contributed by atoms with E-state index in [0.29, 0.717) is 18.4 Å². The summed E-state index contributed by atoms with van der Waals surface area (Å²) in [6.07, 6.45) is 5.00. The molecule has 1 atom stereocenters. The highest BCUT2D eigenvalue weighted by molar-refractivity contribution is 5.85. The quantitative estimate of drug-likeness (QED) is 0.776. The van der Waals surface area contributed by atoms with Crippen LogP contribution in [0.5, 0.6) is 5.75 Å². The van der Waals surface area contributed by atoms with Gasteiger partial charge in [-0.25, -0.2) is 0 Å². The van der Waals surface area contributed by atoms with Crippen molar-refractivity contribution in [2.75, 3.05) is 26.7 Å². The number of ether oxygens (including phenoxy) is 1. The summed E-state index contributed by atoms with van der Waals surface area (Å²) in [4.78, 5) is 14.1. The summed E-state index contributed by atoms with van der Waals surface area (Å²) in [5, 5.41) is 3.37. The zero-order chi connectivity index (χ0) is 15.8. The number of nitrogens with one attached hydrogen (secondary N) is 1. The first-order valence-electron chi connectivity index (χ1n) is 8.33. The average molecular weight is 341 g/mol. The molecule has 1 saturated heterocycles. The zero-order valence-corrected chi connectivity index (χ0v) is 15.0. The predicted molar refractivity (Wildman–Crippen MR) is 96.5 cm³/mol. The number of hydrogen-bond donors (Lipinski definition) is 1. The number of carbonyl (C=O) groups is 1. The molecule has 1 amide bonds. The van der Waals surface area contributed by atoms with Gasteiger partial charge >= 0.3 is 0 Å². The summed E-state index contributed by atoms with van der Waals surface area (Å²) in [5.41, 5.74) is 1.34. The molecule has 1 aliphatic heterocycles. The lowest BCUT2D eigenvalue weighted by Crippen LogP contribution is -2.51. The van der Waals surface area contributed by atoms with Gasteiger partial charge in [0.2, 0.25) is 5.91 Å². The Morgan fingerprint density at radius 3 is 2.65 bits per heavy atom. The molecule has 2 rings (SSSR count). The topological polar surface area (TPSA) is 41.6 Å². The van der Waals surface area contributed by atoms with Gasteiger partial charge in [-0.05, 0) is 43.9 Å². The van der Waals surface area contributed by atoms with Crippen LogP contribution in [0.3, 0.4) is 0 Å². The fourth-order valence-corrected chi connectivity index (χ4v) is 2.89. The fraction of sp³-hybridized carbons (Fsp3) is 0.611. The van der Waals surface area contributed by atoms with Crippen LogP contribution >= 0.6 is 12.4 Å². The van der Waals surface area contributed by atoms with Crippen LogP contribution in [0, 0.1) is 0 Å². The molecule has 1 aromatic rings. The number of benzene rings is 1. The molecule has 1 aromatic carbocycles. The van der Waals surface area contributed by atoms with Gasteiger partial charge in [0.15, 0.2) is 0 Å². The van der Waals surface area contributed by atoms with Crippen molar-refractivity contribution in [1.29, 1.82) is 0 Å². The van der Waals surface area contributed by atoms with Crippen molar-refractivity contribution in [3.8, 4) is 5.75 Å². The number of aryl methyl sites for hydroxylation is 1. The number of rotatable bonds is 7. The minimum Gasteiger partial charge on any atom is -0.497 e. The highest BCUT2D eigenvalue weighted by Crippen LogP contribution is 2.14. The smallest absolute Gasteiger partial charge is 0.222 e. The van der Waals surface area contributed by atoms with Crippen LogP contribution in [-0.2, 0) is 11.2 Å². The maximum absolute atomic E-state index is 12.1. The van der Waals surface area contributed by atoms with Crippen LogP contribution < -0.4 is 10.1 Å². The van der Waals surface area contributed by atoms with Gasteiger partial charge in [0, 0.05) is 32.1 Å². The molecule has 5 heteroatoms. The Morgan fingerprint density at radius 1 is 1.26 bits per heavy atom. The predicted octanol–water partition coefficient (Wildman–Crippen LogP) is 3.04. The molecular weight excluding hydrogens is 312 g/mol. The van der Waals surface area contributed by atoms with Gasteiger partial charge in [0.25, 0.3) is 0 Å². The second-order valence-electron chi connectivity index (χ2n) is 6.10. The van der Waals surface area contributed by atoms with Crippen molar-refractivity contribution in [3.05, 3.63) is 29.8 Å². The molecule has 0 aromatic heterocycles. The Morgan fingerprint density at radius 2 is 2.00 bits per heavy atom. The lowest BCUT2D eigenvalue weighted by atomic mass is 10.1. The minimum absolute atomic E-state index is 0. The summed E-state index contributed by atoms with van der Waals surface area (Å²) < 4.78 is 5.16. The van der Waals surface area contributed by atoms with Crippen molar-refractivity contribution in [2.24, 2.45) is 0 Å². The van der Waals surface area contributed by atoms with Crippen LogP contribution in [0.4, 0.5) is 0 Å². The number of halogens is 1. The third-order valence-corrected chi connectivity index (χ3v) is 4.24. The Balaban J connectivity index is 0.00000264. The lowest BCUT2D eigenvalue weighted by molar-refractivity contribution is -0.132. The number of unbranched alkanes of at least 4 members (excludes halogenated alkanes) is 2. The van der Waals surface area contributed by atoms with E-state index in [1.165, 1.54) is 5.56 Å². The second-order valence-corrected chi connectivity index (χ2v) is 6.10. The molecule has 0 saturated carbocycles. The van der Waals surface area contributed by atoms with Gasteiger partial charge in [0.1, 0.15) is 5.75 Å². The van der Waals surface area contributed by atoms with Crippen molar-refractivity contribution >= 4 is 18.3 Å². The Hall–Kier alpha value is -1.26. The first-order chi connectivity index (χ1) is 10.7. The lowest BCUT2D eigenvalue weighted by Gasteiger charge is -2.32. The Bertz CT molecular complexity index is 465. The SMILES string of the molecule is COc1ccc(CCCCCC(=O)N2CCNC(C)C2)cc1.Cl. The van der Waals surface area contributed by atoms with Gasteiger partial charge in [0.05, 0.1) is 7.11 Å². The maximum atomic E-state index is 12.1. The van der Waals surface area contributed by atoms with Crippen molar-refractivity contribution in [3.63, 3.8) is 0 Å². The van der Waals surface area contributed by atoms with Gasteiger partial charge in [-0.1, -0.05) is 18.6 Å². The second kappa shape index (κ2) is 10.5. The van der Waals surface area contributed by atoms with Crippen LogP contribution in [0.25, 0.3) is 0 Å². The number of nitrogens with zero attached hydrogens (tertiary/aromatic N) is 1. The number of amides is 1. The average Bonchev–Trinajstić information content (AvgIpc) is 2.55. The van der Waals surface area contributed by atoms with Crippen molar-refractivity contribution in [2.45, 2.75) is 45.1 Å². The van der Waals surface area contributed by atoms with Gasteiger partial charge < -0.3 is 15.0 Å². The number of piperazine rings is 1. The molecule has 1 heterocycles. The number of methoxy groups -OCH3 is 1. The van der Waals surface area contributed by atoms with E-state index in [9.17, 15) is 4.79 Å². The summed E-state index contributed by atoms with van der Waals surface area (Å²) in [7, 11) is 1.69. The van der Waals surface area contributed by atoms with E-state index < -0.39 is 0 Å². The summed E-state index contributed by atoms with van der Waals surface area (Å²) in [6, 6.07) is 8.67. The maximum Gasteiger partial charge on any atom is 0.222 e. The molecule has 0 radical (unpaired) electrons. The van der Waals surface area contributed by atoms with Crippen molar-refractivity contribution in [1.82, 2.24) is 10.2 Å². The highest BCUT2D eigenvalue weighted by Gasteiger charge is 2.19. The fourth-order valence-electron chi connectivity index (χ4n) is 2.89. The van der Waals surface area contributed by atoms with E-state index in [1.54, 1.807) is 7.11 Å². The van der Waals surface area contributed by atoms with Crippen molar-refractivity contribution < 1.29 is 9.53 Å². The van der Waals surface area contributed by atoms with Gasteiger partial charge in [-0.2, -0.15) is 0 Å². The van der Waals surface area contributed by atoms with Crippen LogP contribution in [0.15, 0.2) is 24.3 Å². The molecule has 130 valence electrons. The molecule has 1 unspecified atom stereocenters. The molecule has 1 aliphatic rings. The molecule has 0 bridgehead atoms. The standard InChI is InChI=1S/C18H28N2O2.ClH/c1-15-14-20(13-12-19-15)18(21)7-5-3-4-6-16-8-10-17(22-2)11-9-16;/h8-11,15,19H,3-7,12-14H2,1-2H3;1H. The van der Waals surface area contributed by atoms with E-state index in [0.717, 1.165) is 51.1 Å². The first kappa shape index (κ1) is 19.8. The first-order valence-corrected chi connectivity index (χ1v) is 8.33. The van der Waals surface area contributed by atoms with E-state index >= 15 is 0 Å². The number of hydrogen-bond acceptors (Lipinski definition) is 3. The van der Waals surface area contributed by atoms with E-state index in [2.05, 4.69) is 24.4 Å². The summed E-state index contributed by atoms with van der Waals surface area (Å²) in [5.74, 6) is 1.22.